The van der Waals surface area contributed by atoms with E-state index >= 15 is 0 Å². The number of rotatable bonds is 6. The summed E-state index contributed by atoms with van der Waals surface area (Å²) in [5, 5.41) is 0. The summed E-state index contributed by atoms with van der Waals surface area (Å²) in [6.07, 6.45) is 0. The molecule has 0 amide bonds. The lowest BCUT2D eigenvalue weighted by molar-refractivity contribution is -0.153. The molecule has 0 radical (unpaired) electrons. The normalized spacial score (nSPS) is 11.7. The third kappa shape index (κ3) is 6.50. The van der Waals surface area contributed by atoms with Gasteiger partial charge >= 0.3 is 11.9 Å². The van der Waals surface area contributed by atoms with Crippen LogP contribution in [0.15, 0.2) is 59.5 Å². The maximum absolute atomic E-state index is 12.2. The zero-order chi connectivity index (χ0) is 20.1. The van der Waals surface area contributed by atoms with Crippen molar-refractivity contribution in [1.82, 2.24) is 4.72 Å². The topological polar surface area (TPSA) is 98.8 Å². The second-order valence-corrected chi connectivity index (χ2v) is 8.40. The molecule has 27 heavy (non-hydrogen) atoms. The molecular weight excluding hydrogens is 370 g/mol. The number of sulfonamides is 1. The van der Waals surface area contributed by atoms with Crippen molar-refractivity contribution in [2.24, 2.45) is 0 Å². The van der Waals surface area contributed by atoms with Crippen molar-refractivity contribution < 1.29 is 27.5 Å². The number of carbonyl (C=O) groups excluding carboxylic acids is 2. The molecule has 144 valence electrons. The first-order valence-corrected chi connectivity index (χ1v) is 9.64. The highest BCUT2D eigenvalue weighted by atomic mass is 32.2. The molecule has 7 nitrogen and oxygen atoms in total. The van der Waals surface area contributed by atoms with Crippen LogP contribution in [0.4, 0.5) is 0 Å². The first kappa shape index (κ1) is 20.6. The summed E-state index contributed by atoms with van der Waals surface area (Å²) in [6.45, 7) is 4.59. The third-order valence-electron chi connectivity index (χ3n) is 3.18. The molecule has 2 aromatic rings. The van der Waals surface area contributed by atoms with Crippen LogP contribution in [0.5, 0.6) is 5.75 Å². The van der Waals surface area contributed by atoms with E-state index in [1.165, 1.54) is 24.3 Å². The number of carbonyl (C=O) groups is 2. The summed E-state index contributed by atoms with van der Waals surface area (Å²) in [4.78, 5) is 23.6. The van der Waals surface area contributed by atoms with Crippen LogP contribution in [0.3, 0.4) is 0 Å². The van der Waals surface area contributed by atoms with Gasteiger partial charge in [-0.2, -0.15) is 4.72 Å². The molecule has 0 spiro atoms. The van der Waals surface area contributed by atoms with Crippen LogP contribution in [-0.2, 0) is 19.6 Å². The first-order valence-electron chi connectivity index (χ1n) is 8.16. The Bertz CT molecular complexity index is 899. The maximum atomic E-state index is 12.2. The Kier molecular flexibility index (Phi) is 6.35. The van der Waals surface area contributed by atoms with E-state index in [4.69, 9.17) is 9.47 Å². The van der Waals surface area contributed by atoms with Gasteiger partial charge in [0.1, 0.15) is 17.9 Å². The molecule has 0 bridgehead atoms. The second kappa shape index (κ2) is 8.32. The summed E-state index contributed by atoms with van der Waals surface area (Å²) in [5.41, 5.74) is -0.319. The van der Waals surface area contributed by atoms with E-state index in [1.54, 1.807) is 51.1 Å². The largest absolute Gasteiger partial charge is 0.459 e. The minimum absolute atomic E-state index is 0.0643. The van der Waals surface area contributed by atoms with Crippen LogP contribution >= 0.6 is 0 Å². The monoisotopic (exact) mass is 391 g/mol. The molecule has 2 aromatic carbocycles. The summed E-state index contributed by atoms with van der Waals surface area (Å²) in [5.74, 6) is -1.02. The molecule has 0 aromatic heterocycles. The quantitative estimate of drug-likeness (QED) is 0.600. The fraction of sp³-hybridized carbons (Fsp3) is 0.263. The molecule has 1 N–H and O–H groups in total. The summed E-state index contributed by atoms with van der Waals surface area (Å²) >= 11 is 0. The first-order chi connectivity index (χ1) is 12.6. The van der Waals surface area contributed by atoms with Crippen molar-refractivity contribution >= 4 is 22.0 Å². The number of ether oxygens (including phenoxy) is 2. The van der Waals surface area contributed by atoms with E-state index in [9.17, 15) is 18.0 Å². The van der Waals surface area contributed by atoms with Gasteiger partial charge in [0, 0.05) is 0 Å². The lowest BCUT2D eigenvalue weighted by Crippen LogP contribution is -2.34. The van der Waals surface area contributed by atoms with Gasteiger partial charge in [-0.15, -0.1) is 0 Å². The highest BCUT2D eigenvalue weighted by Gasteiger charge is 2.20. The van der Waals surface area contributed by atoms with Crippen molar-refractivity contribution in [2.75, 3.05) is 6.54 Å². The Morgan fingerprint density at radius 2 is 1.56 bits per heavy atom. The van der Waals surface area contributed by atoms with Crippen molar-refractivity contribution in [3.05, 3.63) is 60.2 Å². The fourth-order valence-electron chi connectivity index (χ4n) is 2.04. The molecule has 8 heteroatoms. The Labute approximate surface area is 158 Å². The van der Waals surface area contributed by atoms with Crippen LogP contribution in [0.25, 0.3) is 0 Å². The van der Waals surface area contributed by atoms with E-state index in [0.717, 1.165) is 0 Å². The van der Waals surface area contributed by atoms with E-state index in [-0.39, 0.29) is 10.6 Å². The van der Waals surface area contributed by atoms with E-state index < -0.39 is 34.1 Å². The number of hydrogen-bond donors (Lipinski definition) is 1. The molecule has 0 aliphatic rings. The Balaban J connectivity index is 1.99. The van der Waals surface area contributed by atoms with Gasteiger partial charge in [-0.25, -0.2) is 13.2 Å². The van der Waals surface area contributed by atoms with Crippen LogP contribution in [-0.4, -0.2) is 32.5 Å². The average molecular weight is 391 g/mol. The van der Waals surface area contributed by atoms with Gasteiger partial charge in [0.05, 0.1) is 10.5 Å². The summed E-state index contributed by atoms with van der Waals surface area (Å²) in [7, 11) is -3.90. The van der Waals surface area contributed by atoms with Crippen LogP contribution < -0.4 is 9.46 Å². The fourth-order valence-corrected chi connectivity index (χ4v) is 3.01. The number of benzene rings is 2. The number of nitrogens with one attached hydrogen (secondary N) is 1. The second-order valence-electron chi connectivity index (χ2n) is 6.64. The summed E-state index contributed by atoms with van der Waals surface area (Å²) < 4.78 is 36.9. The van der Waals surface area contributed by atoms with Gasteiger partial charge in [0.15, 0.2) is 0 Å². The van der Waals surface area contributed by atoms with Crippen LogP contribution in [0.1, 0.15) is 31.1 Å². The van der Waals surface area contributed by atoms with E-state index in [2.05, 4.69) is 4.72 Å². The van der Waals surface area contributed by atoms with Gasteiger partial charge in [-0.1, -0.05) is 18.2 Å². The lowest BCUT2D eigenvalue weighted by atomic mass is 10.2. The molecule has 0 unspecified atom stereocenters. The Morgan fingerprint density at radius 3 is 2.11 bits per heavy atom. The predicted octanol–water partition coefficient (Wildman–Crippen LogP) is 2.53. The molecular formula is C19H21NO6S. The third-order valence-corrected chi connectivity index (χ3v) is 4.60. The van der Waals surface area contributed by atoms with Gasteiger partial charge in [-0.3, -0.25) is 4.79 Å². The molecule has 0 aliphatic carbocycles. The Morgan fingerprint density at radius 1 is 0.963 bits per heavy atom. The van der Waals surface area contributed by atoms with Gasteiger partial charge in [0.25, 0.3) is 0 Å². The van der Waals surface area contributed by atoms with Crippen LogP contribution in [0, 0.1) is 0 Å². The summed E-state index contributed by atoms with van der Waals surface area (Å²) in [6, 6.07) is 13.7. The molecule has 0 saturated carbocycles. The standard InChI is InChI=1S/C19H21NO6S/c1-19(2,3)26-17(21)13-20-27(23,24)16-11-9-15(10-12-16)25-18(22)14-7-5-4-6-8-14/h4-12,20H,13H2,1-3H3. The molecule has 2 rings (SSSR count). The molecule has 0 fully saturated rings. The zero-order valence-corrected chi connectivity index (χ0v) is 16.1. The molecule has 0 aliphatic heterocycles. The van der Waals surface area contributed by atoms with Gasteiger partial charge in [-0.05, 0) is 57.2 Å². The molecule has 0 saturated heterocycles. The number of hydrogen-bond acceptors (Lipinski definition) is 6. The van der Waals surface area contributed by atoms with Gasteiger partial charge in [0.2, 0.25) is 10.0 Å². The minimum Gasteiger partial charge on any atom is -0.459 e. The average Bonchev–Trinajstić information content (AvgIpc) is 2.60. The van der Waals surface area contributed by atoms with Crippen molar-refractivity contribution in [3.8, 4) is 5.75 Å². The smallest absolute Gasteiger partial charge is 0.343 e. The van der Waals surface area contributed by atoms with E-state index in [0.29, 0.717) is 5.56 Å². The maximum Gasteiger partial charge on any atom is 0.343 e. The lowest BCUT2D eigenvalue weighted by Gasteiger charge is -2.19. The SMILES string of the molecule is CC(C)(C)OC(=O)CNS(=O)(=O)c1ccc(OC(=O)c2ccccc2)cc1. The van der Waals surface area contributed by atoms with Crippen molar-refractivity contribution in [1.29, 1.82) is 0 Å². The highest BCUT2D eigenvalue weighted by Crippen LogP contribution is 2.17. The molecule has 0 heterocycles. The number of esters is 2. The van der Waals surface area contributed by atoms with Gasteiger partial charge < -0.3 is 9.47 Å². The Hall–Kier alpha value is -2.71. The predicted molar refractivity (Wildman–Crippen MR) is 98.9 cm³/mol. The van der Waals surface area contributed by atoms with Crippen LogP contribution in [0.2, 0.25) is 0 Å². The minimum atomic E-state index is -3.90. The van der Waals surface area contributed by atoms with Crippen molar-refractivity contribution in [2.45, 2.75) is 31.3 Å². The highest BCUT2D eigenvalue weighted by molar-refractivity contribution is 7.89. The van der Waals surface area contributed by atoms with Crippen molar-refractivity contribution in [3.63, 3.8) is 0 Å². The molecule has 0 atom stereocenters. The zero-order valence-electron chi connectivity index (χ0n) is 15.3. The van der Waals surface area contributed by atoms with E-state index in [1.807, 2.05) is 0 Å².